The van der Waals surface area contributed by atoms with Crippen LogP contribution >= 0.6 is 0 Å². The van der Waals surface area contributed by atoms with Crippen molar-refractivity contribution in [3.8, 4) is 16.9 Å². The fourth-order valence-electron chi connectivity index (χ4n) is 7.45. The Kier molecular flexibility index (Phi) is 6.65. The summed E-state index contributed by atoms with van der Waals surface area (Å²) in [5.41, 5.74) is 2.30. The molecular formula is C33H42F2N2O2. The lowest BCUT2D eigenvalue weighted by atomic mass is 9.57. The van der Waals surface area contributed by atoms with E-state index in [0.29, 0.717) is 36.6 Å². The summed E-state index contributed by atoms with van der Waals surface area (Å²) >= 11 is 0. The smallest absolute Gasteiger partial charge is 0.413 e. The fraction of sp³-hybridized carbons (Fsp3) is 0.515. The highest BCUT2D eigenvalue weighted by Crippen LogP contribution is 2.57. The molecule has 3 aromatic carbocycles. The van der Waals surface area contributed by atoms with E-state index in [0.717, 1.165) is 56.5 Å². The summed E-state index contributed by atoms with van der Waals surface area (Å²) in [5.74, 6) is 0.636. The summed E-state index contributed by atoms with van der Waals surface area (Å²) in [6.07, 6.45) is 0.940. The molecule has 1 aliphatic carbocycles. The van der Waals surface area contributed by atoms with E-state index in [1.807, 2.05) is 48.5 Å². The van der Waals surface area contributed by atoms with E-state index in [4.69, 9.17) is 4.74 Å². The van der Waals surface area contributed by atoms with E-state index >= 15 is 8.78 Å². The Hall–Kier alpha value is -2.86. The van der Waals surface area contributed by atoms with Gasteiger partial charge in [-0.3, -0.25) is 9.80 Å². The Morgan fingerprint density at radius 1 is 0.846 bits per heavy atom. The molecule has 5 rings (SSSR count). The zero-order chi connectivity index (χ0) is 28.4. The number of nitrogens with zero attached hydrogens (tertiary/aromatic N) is 2. The second kappa shape index (κ2) is 9.36. The van der Waals surface area contributed by atoms with Crippen LogP contribution in [0.4, 0.5) is 20.2 Å². The number of aliphatic hydroxyl groups is 1. The van der Waals surface area contributed by atoms with Crippen LogP contribution in [0, 0.1) is 10.8 Å². The van der Waals surface area contributed by atoms with Crippen LogP contribution in [0.2, 0.25) is 0 Å². The lowest BCUT2D eigenvalue weighted by Gasteiger charge is -2.50. The highest BCUT2D eigenvalue weighted by Gasteiger charge is 2.50. The number of ether oxygens (including phenoxy) is 1. The molecule has 4 nitrogen and oxygen atoms in total. The first-order valence-electron chi connectivity index (χ1n) is 14.1. The van der Waals surface area contributed by atoms with Crippen molar-refractivity contribution in [2.75, 3.05) is 30.5 Å². The molecule has 0 aromatic heterocycles. The Morgan fingerprint density at radius 3 is 1.97 bits per heavy atom. The Morgan fingerprint density at radius 2 is 1.41 bits per heavy atom. The first-order chi connectivity index (χ1) is 18.2. The number of rotatable bonds is 6. The van der Waals surface area contributed by atoms with Gasteiger partial charge in [0.15, 0.2) is 0 Å². The van der Waals surface area contributed by atoms with E-state index in [1.54, 1.807) is 0 Å². The first kappa shape index (κ1) is 27.7. The molecule has 1 N–H and O–H groups in total. The van der Waals surface area contributed by atoms with Gasteiger partial charge < -0.3 is 9.84 Å². The summed E-state index contributed by atoms with van der Waals surface area (Å²) in [5, 5.41) is 14.2. The van der Waals surface area contributed by atoms with Crippen LogP contribution in [0.3, 0.4) is 0 Å². The monoisotopic (exact) mass is 536 g/mol. The Bertz CT molecular complexity index is 1370. The molecule has 0 spiro atoms. The van der Waals surface area contributed by atoms with Crippen molar-refractivity contribution in [2.45, 2.75) is 78.5 Å². The molecule has 210 valence electrons. The van der Waals surface area contributed by atoms with Gasteiger partial charge in [0.1, 0.15) is 5.75 Å². The van der Waals surface area contributed by atoms with Gasteiger partial charge in [-0.05, 0) is 76.8 Å². The number of alkyl halides is 2. The summed E-state index contributed by atoms with van der Waals surface area (Å²) in [6, 6.07) is 15.7. The SMILES string of the molecule is CCCCOc1cc(C2(O)CC(C)(C)CC(C)(C)C2)c(-c2ccccc2)c2cc3c(cc12)N(C)C(F)(F)N3C. The lowest BCUT2D eigenvalue weighted by molar-refractivity contribution is -0.0909. The van der Waals surface area contributed by atoms with Crippen LogP contribution in [0.1, 0.15) is 72.3 Å². The van der Waals surface area contributed by atoms with Gasteiger partial charge in [0.25, 0.3) is 0 Å². The number of benzene rings is 3. The Labute approximate surface area is 231 Å². The molecular weight excluding hydrogens is 494 g/mol. The van der Waals surface area contributed by atoms with E-state index < -0.39 is 11.8 Å². The largest absolute Gasteiger partial charge is 0.493 e. The number of hydrogen-bond acceptors (Lipinski definition) is 4. The van der Waals surface area contributed by atoms with Crippen molar-refractivity contribution in [1.82, 2.24) is 0 Å². The van der Waals surface area contributed by atoms with Gasteiger partial charge in [-0.2, -0.15) is 8.78 Å². The number of halogens is 2. The van der Waals surface area contributed by atoms with Gasteiger partial charge >= 0.3 is 6.17 Å². The lowest BCUT2D eigenvalue weighted by Crippen LogP contribution is -2.46. The number of unbranched alkanes of at least 4 members (excludes halogenated alkanes) is 1. The summed E-state index contributed by atoms with van der Waals surface area (Å²) in [4.78, 5) is 2.05. The van der Waals surface area contributed by atoms with Gasteiger partial charge in [0.05, 0.1) is 23.6 Å². The van der Waals surface area contributed by atoms with Crippen LogP contribution in [0.5, 0.6) is 5.75 Å². The van der Waals surface area contributed by atoms with Crippen LogP contribution in [0.25, 0.3) is 21.9 Å². The third kappa shape index (κ3) is 4.75. The predicted molar refractivity (Wildman–Crippen MR) is 157 cm³/mol. The van der Waals surface area contributed by atoms with Gasteiger partial charge in [-0.15, -0.1) is 0 Å². The minimum Gasteiger partial charge on any atom is -0.493 e. The summed E-state index contributed by atoms with van der Waals surface area (Å²) < 4.78 is 36.6. The van der Waals surface area contributed by atoms with E-state index in [1.165, 1.54) is 14.1 Å². The van der Waals surface area contributed by atoms with Crippen molar-refractivity contribution in [3.63, 3.8) is 0 Å². The van der Waals surface area contributed by atoms with Crippen molar-refractivity contribution in [2.24, 2.45) is 10.8 Å². The standard InChI is InChI=1S/C33H42F2N2O2/c1-8-9-15-39-28-18-25(32(38)20-30(2,3)19-31(4,5)21-32)29(22-13-11-10-12-14-22)24-17-27-26(16-23(24)28)36(6)33(34,35)37(27)7/h10-14,16-18,38H,8-9,15,19-21H2,1-7H3. The predicted octanol–water partition coefficient (Wildman–Crippen LogP) is 8.55. The van der Waals surface area contributed by atoms with Gasteiger partial charge in [0, 0.05) is 19.5 Å². The molecule has 0 radical (unpaired) electrons. The molecule has 39 heavy (non-hydrogen) atoms. The summed E-state index contributed by atoms with van der Waals surface area (Å²) in [7, 11) is 2.85. The van der Waals surface area contributed by atoms with Gasteiger partial charge in [0.2, 0.25) is 0 Å². The maximum Gasteiger partial charge on any atom is 0.413 e. The molecule has 3 aromatic rings. The molecule has 2 aliphatic rings. The van der Waals surface area contributed by atoms with Crippen LogP contribution in [0.15, 0.2) is 48.5 Å². The maximum atomic E-state index is 15.1. The van der Waals surface area contributed by atoms with E-state index in [2.05, 4.69) is 34.6 Å². The quantitative estimate of drug-likeness (QED) is 0.253. The molecule has 1 aliphatic heterocycles. The van der Waals surface area contributed by atoms with Crippen molar-refractivity contribution in [1.29, 1.82) is 0 Å². The van der Waals surface area contributed by atoms with Crippen LogP contribution < -0.4 is 14.5 Å². The molecule has 0 bridgehead atoms. The minimum atomic E-state index is -3.14. The Balaban J connectivity index is 1.86. The molecule has 1 saturated carbocycles. The maximum absolute atomic E-state index is 15.1. The van der Waals surface area contributed by atoms with Gasteiger partial charge in [-0.1, -0.05) is 71.4 Å². The van der Waals surface area contributed by atoms with Gasteiger partial charge in [-0.25, -0.2) is 0 Å². The topological polar surface area (TPSA) is 35.9 Å². The molecule has 1 heterocycles. The zero-order valence-corrected chi connectivity index (χ0v) is 24.4. The summed E-state index contributed by atoms with van der Waals surface area (Å²) in [6.45, 7) is 11.5. The molecule has 0 saturated heterocycles. The third-order valence-electron chi connectivity index (χ3n) is 8.54. The van der Waals surface area contributed by atoms with Crippen LogP contribution in [-0.2, 0) is 5.60 Å². The van der Waals surface area contributed by atoms with Crippen molar-refractivity contribution >= 4 is 22.1 Å². The number of anilines is 2. The third-order valence-corrected chi connectivity index (χ3v) is 8.54. The fourth-order valence-corrected chi connectivity index (χ4v) is 7.45. The average molecular weight is 537 g/mol. The van der Waals surface area contributed by atoms with Crippen molar-refractivity contribution in [3.05, 3.63) is 54.1 Å². The normalized spacial score (nSPS) is 20.8. The molecule has 0 unspecified atom stereocenters. The number of hydrogen-bond donors (Lipinski definition) is 1. The minimum absolute atomic E-state index is 0.0778. The van der Waals surface area contributed by atoms with E-state index in [9.17, 15) is 5.11 Å². The first-order valence-corrected chi connectivity index (χ1v) is 14.1. The number of fused-ring (bicyclic) bond motifs is 2. The second-order valence-corrected chi connectivity index (χ2v) is 13.3. The second-order valence-electron chi connectivity index (χ2n) is 13.3. The highest BCUT2D eigenvalue weighted by atomic mass is 19.3. The van der Waals surface area contributed by atoms with E-state index in [-0.39, 0.29) is 10.8 Å². The molecule has 0 atom stereocenters. The van der Waals surface area contributed by atoms with Crippen molar-refractivity contribution < 1.29 is 18.6 Å². The molecule has 1 fully saturated rings. The highest BCUT2D eigenvalue weighted by molar-refractivity contribution is 6.07. The molecule has 6 heteroatoms. The zero-order valence-electron chi connectivity index (χ0n) is 24.4. The van der Waals surface area contributed by atoms with Crippen LogP contribution in [-0.4, -0.2) is 32.0 Å². The molecule has 0 amide bonds. The average Bonchev–Trinajstić information content (AvgIpc) is 3.00.